The zero-order valence-corrected chi connectivity index (χ0v) is 12.2. The Hall–Kier alpha value is -1.94. The zero-order valence-electron chi connectivity index (χ0n) is 10.6. The van der Waals surface area contributed by atoms with E-state index in [1.165, 1.54) is 6.07 Å². The van der Waals surface area contributed by atoms with Gasteiger partial charge in [0.25, 0.3) is 0 Å². The highest BCUT2D eigenvalue weighted by Gasteiger charge is 2.05. The van der Waals surface area contributed by atoms with E-state index in [9.17, 15) is 4.39 Å². The van der Waals surface area contributed by atoms with Gasteiger partial charge in [-0.15, -0.1) is 0 Å². The van der Waals surface area contributed by atoms with Crippen molar-refractivity contribution < 1.29 is 4.39 Å². The van der Waals surface area contributed by atoms with Crippen molar-refractivity contribution in [2.45, 2.75) is 6.54 Å². The Bertz CT molecular complexity index is 753. The summed E-state index contributed by atoms with van der Waals surface area (Å²) in [6.07, 6.45) is 1.76. The molecule has 1 aromatic heterocycles. The maximum absolute atomic E-state index is 13.7. The molecule has 0 bridgehead atoms. The molecule has 1 N–H and O–H groups in total. The van der Waals surface area contributed by atoms with Gasteiger partial charge in [0.05, 0.1) is 5.52 Å². The Kier molecular flexibility index (Phi) is 3.65. The van der Waals surface area contributed by atoms with Gasteiger partial charge in [0.1, 0.15) is 5.82 Å². The number of anilines is 1. The number of hydrogen-bond acceptors (Lipinski definition) is 2. The normalized spacial score (nSPS) is 10.7. The molecule has 0 aliphatic rings. The van der Waals surface area contributed by atoms with Crippen molar-refractivity contribution in [1.29, 1.82) is 0 Å². The molecule has 1 heterocycles. The lowest BCUT2D eigenvalue weighted by Gasteiger charge is -2.10. The molecular formula is C16H12BrFN2. The molecule has 0 spiro atoms. The van der Waals surface area contributed by atoms with Gasteiger partial charge < -0.3 is 5.32 Å². The number of hydrogen-bond donors (Lipinski definition) is 1. The summed E-state index contributed by atoms with van der Waals surface area (Å²) in [4.78, 5) is 4.31. The van der Waals surface area contributed by atoms with Crippen LogP contribution in [0.4, 0.5) is 10.1 Å². The molecule has 100 valence electrons. The van der Waals surface area contributed by atoms with Crippen molar-refractivity contribution in [3.05, 3.63) is 70.6 Å². The molecule has 0 saturated heterocycles. The van der Waals surface area contributed by atoms with Crippen molar-refractivity contribution in [2.75, 3.05) is 5.32 Å². The summed E-state index contributed by atoms with van der Waals surface area (Å²) in [5.74, 6) is -0.209. The van der Waals surface area contributed by atoms with Crippen LogP contribution in [-0.2, 0) is 6.54 Å². The minimum absolute atomic E-state index is 0.209. The highest BCUT2D eigenvalue weighted by atomic mass is 79.9. The number of nitrogens with zero attached hydrogens (tertiary/aromatic N) is 1. The number of pyridine rings is 1. The summed E-state index contributed by atoms with van der Waals surface area (Å²) < 4.78 is 14.6. The van der Waals surface area contributed by atoms with Gasteiger partial charge in [-0.05, 0) is 42.5 Å². The standard InChI is InChI=1S/C16H12BrFN2/c17-12-6-7-14(18)11(9-12)10-20-16-5-1-4-15-13(16)3-2-8-19-15/h1-9,20H,10H2. The third kappa shape index (κ3) is 2.65. The zero-order chi connectivity index (χ0) is 13.9. The van der Waals surface area contributed by atoms with E-state index in [2.05, 4.69) is 26.2 Å². The Morgan fingerprint density at radius 1 is 1.10 bits per heavy atom. The molecule has 4 heteroatoms. The van der Waals surface area contributed by atoms with Gasteiger partial charge in [-0.3, -0.25) is 4.98 Å². The second kappa shape index (κ2) is 5.59. The highest BCUT2D eigenvalue weighted by Crippen LogP contribution is 2.23. The number of fused-ring (bicyclic) bond motifs is 1. The molecule has 0 saturated carbocycles. The molecule has 0 atom stereocenters. The fourth-order valence-corrected chi connectivity index (χ4v) is 2.54. The molecule has 3 rings (SSSR count). The van der Waals surface area contributed by atoms with Crippen molar-refractivity contribution >= 4 is 32.5 Å². The van der Waals surface area contributed by atoms with E-state index in [1.54, 1.807) is 18.3 Å². The van der Waals surface area contributed by atoms with Crippen molar-refractivity contribution in [3.8, 4) is 0 Å². The topological polar surface area (TPSA) is 24.9 Å². The van der Waals surface area contributed by atoms with Crippen molar-refractivity contribution in [2.24, 2.45) is 0 Å². The minimum atomic E-state index is -0.209. The van der Waals surface area contributed by atoms with Gasteiger partial charge in [-0.1, -0.05) is 22.0 Å². The SMILES string of the molecule is Fc1ccc(Br)cc1CNc1cccc2ncccc12. The Labute approximate surface area is 124 Å². The molecule has 20 heavy (non-hydrogen) atoms. The molecule has 0 aliphatic heterocycles. The quantitative estimate of drug-likeness (QED) is 0.749. The summed E-state index contributed by atoms with van der Waals surface area (Å²) >= 11 is 3.36. The first-order chi connectivity index (χ1) is 9.74. The first-order valence-corrected chi connectivity index (χ1v) is 7.05. The van der Waals surface area contributed by atoms with E-state index in [1.807, 2.05) is 30.3 Å². The first kappa shape index (κ1) is 13.1. The number of halogens is 2. The number of rotatable bonds is 3. The first-order valence-electron chi connectivity index (χ1n) is 6.25. The molecule has 0 aliphatic carbocycles. The van der Waals surface area contributed by atoms with Crippen molar-refractivity contribution in [3.63, 3.8) is 0 Å². The van der Waals surface area contributed by atoms with Crippen LogP contribution < -0.4 is 5.32 Å². The van der Waals surface area contributed by atoms with Gasteiger partial charge in [0, 0.05) is 33.9 Å². The van der Waals surface area contributed by atoms with Gasteiger partial charge in [0.2, 0.25) is 0 Å². The van der Waals surface area contributed by atoms with Gasteiger partial charge >= 0.3 is 0 Å². The van der Waals surface area contributed by atoms with E-state index >= 15 is 0 Å². The number of nitrogens with one attached hydrogen (secondary N) is 1. The molecule has 2 aromatic carbocycles. The Morgan fingerprint density at radius 2 is 2.00 bits per heavy atom. The summed E-state index contributed by atoms with van der Waals surface area (Å²) in [6.45, 7) is 0.430. The molecular weight excluding hydrogens is 319 g/mol. The molecule has 2 nitrogen and oxygen atoms in total. The fourth-order valence-electron chi connectivity index (χ4n) is 2.13. The third-order valence-corrected chi connectivity index (χ3v) is 3.62. The van der Waals surface area contributed by atoms with E-state index in [4.69, 9.17) is 0 Å². The Balaban J connectivity index is 1.89. The maximum Gasteiger partial charge on any atom is 0.128 e. The van der Waals surface area contributed by atoms with E-state index in [0.717, 1.165) is 21.1 Å². The fraction of sp³-hybridized carbons (Fsp3) is 0.0625. The molecule has 0 radical (unpaired) electrons. The average Bonchev–Trinajstić information content (AvgIpc) is 2.48. The summed E-state index contributed by atoms with van der Waals surface area (Å²) in [7, 11) is 0. The van der Waals surface area contributed by atoms with Crippen LogP contribution in [0, 0.1) is 5.82 Å². The van der Waals surface area contributed by atoms with E-state index in [0.29, 0.717) is 12.1 Å². The van der Waals surface area contributed by atoms with Crippen LogP contribution in [0.3, 0.4) is 0 Å². The molecule has 0 unspecified atom stereocenters. The second-order valence-corrected chi connectivity index (χ2v) is 5.38. The predicted octanol–water partition coefficient (Wildman–Crippen LogP) is 4.75. The predicted molar refractivity (Wildman–Crippen MR) is 83.2 cm³/mol. The van der Waals surface area contributed by atoms with Crippen LogP contribution in [0.2, 0.25) is 0 Å². The lowest BCUT2D eigenvalue weighted by molar-refractivity contribution is 0.612. The van der Waals surface area contributed by atoms with E-state index < -0.39 is 0 Å². The van der Waals surface area contributed by atoms with Crippen LogP contribution in [0.25, 0.3) is 10.9 Å². The summed E-state index contributed by atoms with van der Waals surface area (Å²) in [5.41, 5.74) is 2.50. The molecule has 0 fully saturated rings. The largest absolute Gasteiger partial charge is 0.380 e. The molecule has 0 amide bonds. The third-order valence-electron chi connectivity index (χ3n) is 3.12. The van der Waals surface area contributed by atoms with Crippen LogP contribution in [-0.4, -0.2) is 4.98 Å². The lowest BCUT2D eigenvalue weighted by Crippen LogP contribution is -2.02. The van der Waals surface area contributed by atoms with Gasteiger partial charge in [-0.2, -0.15) is 0 Å². The van der Waals surface area contributed by atoms with Crippen LogP contribution in [0.15, 0.2) is 59.2 Å². The van der Waals surface area contributed by atoms with Crippen LogP contribution in [0.5, 0.6) is 0 Å². The number of benzene rings is 2. The Morgan fingerprint density at radius 3 is 2.90 bits per heavy atom. The van der Waals surface area contributed by atoms with Crippen LogP contribution in [0.1, 0.15) is 5.56 Å². The number of aromatic nitrogens is 1. The summed E-state index contributed by atoms with van der Waals surface area (Å²) in [5, 5.41) is 4.30. The second-order valence-electron chi connectivity index (χ2n) is 4.46. The van der Waals surface area contributed by atoms with Gasteiger partial charge in [0.15, 0.2) is 0 Å². The van der Waals surface area contributed by atoms with Gasteiger partial charge in [-0.25, -0.2) is 4.39 Å². The van der Waals surface area contributed by atoms with Crippen LogP contribution >= 0.6 is 15.9 Å². The average molecular weight is 331 g/mol. The van der Waals surface area contributed by atoms with E-state index in [-0.39, 0.29) is 5.82 Å². The smallest absolute Gasteiger partial charge is 0.128 e. The minimum Gasteiger partial charge on any atom is -0.380 e. The lowest BCUT2D eigenvalue weighted by atomic mass is 10.1. The highest BCUT2D eigenvalue weighted by molar-refractivity contribution is 9.10. The monoisotopic (exact) mass is 330 g/mol. The van der Waals surface area contributed by atoms with Crippen molar-refractivity contribution in [1.82, 2.24) is 4.98 Å². The molecule has 3 aromatic rings. The summed E-state index contributed by atoms with van der Waals surface area (Å²) in [6, 6.07) is 14.7. The maximum atomic E-state index is 13.7.